The zero-order valence-corrected chi connectivity index (χ0v) is 7.26. The van der Waals surface area contributed by atoms with Crippen molar-refractivity contribution in [2.75, 3.05) is 39.5 Å². The molecule has 0 bridgehead atoms. The van der Waals surface area contributed by atoms with Gasteiger partial charge in [0.2, 0.25) is 0 Å². The summed E-state index contributed by atoms with van der Waals surface area (Å²) in [5.74, 6) is 0. The smallest absolute Gasteiger partial charge is 0.0558 e. The van der Waals surface area contributed by atoms with Gasteiger partial charge in [0.15, 0.2) is 0 Å². The molecule has 0 atom stereocenters. The number of aliphatic hydroxyl groups excluding tert-OH is 3. The standard InChI is InChI=1S/C6H15NO3.3FH/c8-4-1-7(2-5-9)3-6-10;;;/h8-10H,1-6H2;3*1H. The van der Waals surface area contributed by atoms with E-state index in [4.69, 9.17) is 15.3 Å². The maximum absolute atomic E-state index is 8.48. The number of aliphatic hydroxyl groups is 3. The summed E-state index contributed by atoms with van der Waals surface area (Å²) in [6, 6.07) is 0. The number of hydrogen-bond acceptors (Lipinski definition) is 4. The molecule has 0 rings (SSSR count). The highest BCUT2D eigenvalue weighted by Crippen LogP contribution is 1.84. The highest BCUT2D eigenvalue weighted by atomic mass is 19.0. The molecule has 0 unspecified atom stereocenters. The van der Waals surface area contributed by atoms with Gasteiger partial charge in [-0.25, -0.2) is 0 Å². The van der Waals surface area contributed by atoms with E-state index in [0.717, 1.165) is 0 Å². The second kappa shape index (κ2) is 17.6. The van der Waals surface area contributed by atoms with Crippen molar-refractivity contribution in [3.63, 3.8) is 0 Å². The number of hydrogen-bond donors (Lipinski definition) is 3. The summed E-state index contributed by atoms with van der Waals surface area (Å²) in [6.45, 7) is 1.75. The van der Waals surface area contributed by atoms with Gasteiger partial charge in [0.25, 0.3) is 0 Å². The second-order valence-electron chi connectivity index (χ2n) is 2.01. The zero-order valence-electron chi connectivity index (χ0n) is 7.26. The summed E-state index contributed by atoms with van der Waals surface area (Å²) in [5.41, 5.74) is 0. The van der Waals surface area contributed by atoms with Crippen molar-refractivity contribution >= 4 is 0 Å². The number of nitrogens with zero attached hydrogens (tertiary/aromatic N) is 1. The summed E-state index contributed by atoms with van der Waals surface area (Å²) in [4.78, 5) is 1.79. The lowest BCUT2D eigenvalue weighted by molar-refractivity contribution is 0.136. The minimum atomic E-state index is 0. The minimum Gasteiger partial charge on any atom is -0.395 e. The van der Waals surface area contributed by atoms with E-state index in [0.29, 0.717) is 19.6 Å². The third-order valence-corrected chi connectivity index (χ3v) is 1.25. The van der Waals surface area contributed by atoms with E-state index in [1.165, 1.54) is 0 Å². The minimum absolute atomic E-state index is 0. The van der Waals surface area contributed by atoms with Crippen LogP contribution >= 0.6 is 0 Å². The van der Waals surface area contributed by atoms with Gasteiger partial charge in [0.1, 0.15) is 0 Å². The van der Waals surface area contributed by atoms with Gasteiger partial charge in [-0.3, -0.25) is 19.0 Å². The fourth-order valence-electron chi connectivity index (χ4n) is 0.760. The van der Waals surface area contributed by atoms with Crippen molar-refractivity contribution in [2.45, 2.75) is 0 Å². The first-order valence-corrected chi connectivity index (χ1v) is 3.40. The van der Waals surface area contributed by atoms with E-state index >= 15 is 0 Å². The van der Waals surface area contributed by atoms with E-state index in [9.17, 15) is 0 Å². The van der Waals surface area contributed by atoms with E-state index in [-0.39, 0.29) is 33.9 Å². The average Bonchev–Trinajstić information content (AvgIpc) is 1.90. The molecule has 3 N–H and O–H groups in total. The van der Waals surface area contributed by atoms with Crippen LogP contribution in [0.3, 0.4) is 0 Å². The predicted octanol–water partition coefficient (Wildman–Crippen LogP) is -1.28. The van der Waals surface area contributed by atoms with Crippen LogP contribution in [0.1, 0.15) is 0 Å². The van der Waals surface area contributed by atoms with Gasteiger partial charge in [-0.15, -0.1) is 0 Å². The van der Waals surface area contributed by atoms with Gasteiger partial charge in [-0.2, -0.15) is 0 Å². The molecular weight excluding hydrogens is 191 g/mol. The van der Waals surface area contributed by atoms with Gasteiger partial charge in [0.05, 0.1) is 19.8 Å². The van der Waals surface area contributed by atoms with Crippen LogP contribution in [-0.4, -0.2) is 59.7 Å². The first-order chi connectivity index (χ1) is 4.85. The van der Waals surface area contributed by atoms with Crippen LogP contribution in [0.25, 0.3) is 0 Å². The molecule has 0 spiro atoms. The molecule has 13 heavy (non-hydrogen) atoms. The Labute approximate surface area is 74.9 Å². The molecule has 7 heteroatoms. The maximum atomic E-state index is 8.48. The molecule has 0 aromatic carbocycles. The molecule has 0 aliphatic heterocycles. The largest absolute Gasteiger partial charge is 0.395 e. The van der Waals surface area contributed by atoms with E-state index in [1.54, 1.807) is 4.90 Å². The van der Waals surface area contributed by atoms with E-state index in [1.807, 2.05) is 0 Å². The van der Waals surface area contributed by atoms with Gasteiger partial charge in [-0.1, -0.05) is 0 Å². The molecular formula is C6H18F3NO3. The molecule has 0 aromatic heterocycles. The summed E-state index contributed by atoms with van der Waals surface area (Å²) < 4.78 is 0. The first-order valence-electron chi connectivity index (χ1n) is 3.40. The Kier molecular flexibility index (Phi) is 31.1. The number of rotatable bonds is 6. The molecule has 0 saturated heterocycles. The van der Waals surface area contributed by atoms with Gasteiger partial charge >= 0.3 is 0 Å². The van der Waals surface area contributed by atoms with Gasteiger partial charge in [-0.05, 0) is 0 Å². The van der Waals surface area contributed by atoms with Crippen LogP contribution in [0.5, 0.6) is 0 Å². The average molecular weight is 209 g/mol. The Morgan fingerprint density at radius 2 is 0.846 bits per heavy atom. The van der Waals surface area contributed by atoms with Crippen molar-refractivity contribution in [3.8, 4) is 0 Å². The SMILES string of the molecule is F.F.F.OCCN(CCO)CCO. The van der Waals surface area contributed by atoms with Crippen LogP contribution in [0.15, 0.2) is 0 Å². The highest BCUT2D eigenvalue weighted by Gasteiger charge is 2.00. The summed E-state index contributed by atoms with van der Waals surface area (Å²) in [6.07, 6.45) is 0. The van der Waals surface area contributed by atoms with Crippen LogP contribution in [0.2, 0.25) is 0 Å². The first kappa shape index (κ1) is 22.9. The second-order valence-corrected chi connectivity index (χ2v) is 2.01. The molecule has 0 amide bonds. The lowest BCUT2D eigenvalue weighted by atomic mass is 10.4. The third kappa shape index (κ3) is 14.5. The van der Waals surface area contributed by atoms with Crippen LogP contribution in [-0.2, 0) is 0 Å². The van der Waals surface area contributed by atoms with Crippen LogP contribution in [0.4, 0.5) is 14.1 Å². The fourth-order valence-corrected chi connectivity index (χ4v) is 0.760. The van der Waals surface area contributed by atoms with Crippen molar-refractivity contribution in [1.29, 1.82) is 0 Å². The van der Waals surface area contributed by atoms with Crippen molar-refractivity contribution in [3.05, 3.63) is 0 Å². The van der Waals surface area contributed by atoms with Gasteiger partial charge < -0.3 is 15.3 Å². The monoisotopic (exact) mass is 209 g/mol. The lowest BCUT2D eigenvalue weighted by Gasteiger charge is -2.17. The summed E-state index contributed by atoms with van der Waals surface area (Å²) >= 11 is 0. The molecule has 0 aromatic rings. The molecule has 0 heterocycles. The van der Waals surface area contributed by atoms with E-state index in [2.05, 4.69) is 0 Å². The number of halogens is 3. The molecule has 0 radical (unpaired) electrons. The van der Waals surface area contributed by atoms with Crippen molar-refractivity contribution in [2.24, 2.45) is 0 Å². The Hall–Kier alpha value is -0.370. The summed E-state index contributed by atoms with van der Waals surface area (Å²) in [5, 5.41) is 25.5. The maximum Gasteiger partial charge on any atom is 0.0558 e. The highest BCUT2D eigenvalue weighted by molar-refractivity contribution is 4.54. The van der Waals surface area contributed by atoms with Gasteiger partial charge in [0, 0.05) is 19.6 Å². The third-order valence-electron chi connectivity index (χ3n) is 1.25. The molecule has 0 fully saturated rings. The Morgan fingerprint density at radius 3 is 1.00 bits per heavy atom. The Morgan fingerprint density at radius 1 is 0.615 bits per heavy atom. The normalized spacial score (nSPS) is 8.31. The van der Waals surface area contributed by atoms with Crippen molar-refractivity contribution in [1.82, 2.24) is 4.90 Å². The topological polar surface area (TPSA) is 63.9 Å². The molecule has 0 saturated carbocycles. The molecule has 0 aliphatic carbocycles. The van der Waals surface area contributed by atoms with E-state index < -0.39 is 0 Å². The summed E-state index contributed by atoms with van der Waals surface area (Å²) in [7, 11) is 0. The van der Waals surface area contributed by atoms with Crippen molar-refractivity contribution < 1.29 is 29.4 Å². The molecule has 86 valence electrons. The lowest BCUT2D eigenvalue weighted by Crippen LogP contribution is -2.32. The van der Waals surface area contributed by atoms with Crippen LogP contribution < -0.4 is 0 Å². The quantitative estimate of drug-likeness (QED) is 0.510. The Balaban J connectivity index is -0.000000135. The molecule has 0 aliphatic rings. The van der Waals surface area contributed by atoms with Crippen LogP contribution in [0, 0.1) is 0 Å². The predicted molar refractivity (Wildman–Crippen MR) is 45.2 cm³/mol. The fraction of sp³-hybridized carbons (Fsp3) is 1.00. The zero-order chi connectivity index (χ0) is 7.82. The Bertz CT molecular complexity index is 65.9. The molecule has 4 nitrogen and oxygen atoms in total.